The van der Waals surface area contributed by atoms with Crippen molar-refractivity contribution < 1.29 is 0 Å². The second-order valence-corrected chi connectivity index (χ2v) is 7.08. The Morgan fingerprint density at radius 2 is 1.88 bits per heavy atom. The Morgan fingerprint density at radius 3 is 2.41 bits per heavy atom. The van der Waals surface area contributed by atoms with Crippen molar-refractivity contribution in [3.05, 3.63) is 34.3 Å². The Bertz CT molecular complexity index is 369. The van der Waals surface area contributed by atoms with Crippen molar-refractivity contribution in [1.29, 1.82) is 0 Å². The molecule has 1 aliphatic rings. The summed E-state index contributed by atoms with van der Waals surface area (Å²) >= 11 is 3.47. The van der Waals surface area contributed by atoms with Gasteiger partial charge in [0.25, 0.3) is 0 Å². The number of nitrogens with one attached hydrogen (secondary N) is 1. The van der Waals surface area contributed by atoms with E-state index in [4.69, 9.17) is 0 Å². The lowest BCUT2D eigenvalue weighted by molar-refractivity contribution is 0.362. The molecule has 2 rings (SSSR count). The van der Waals surface area contributed by atoms with Crippen LogP contribution in [0.5, 0.6) is 0 Å². The lowest BCUT2D eigenvalue weighted by atomic mass is 9.91. The first-order valence-electron chi connectivity index (χ1n) is 6.44. The van der Waals surface area contributed by atoms with Crippen LogP contribution in [0.2, 0.25) is 0 Å². The summed E-state index contributed by atoms with van der Waals surface area (Å²) in [6.45, 7) is 8.11. The van der Waals surface area contributed by atoms with Gasteiger partial charge in [-0.25, -0.2) is 0 Å². The highest BCUT2D eigenvalue weighted by atomic mass is 79.9. The van der Waals surface area contributed by atoms with E-state index in [-0.39, 0.29) is 0 Å². The maximum atomic E-state index is 3.71. The van der Waals surface area contributed by atoms with E-state index in [1.54, 1.807) is 0 Å². The summed E-state index contributed by atoms with van der Waals surface area (Å²) < 4.78 is 1.15. The van der Waals surface area contributed by atoms with E-state index in [2.05, 4.69) is 66.3 Å². The van der Waals surface area contributed by atoms with Gasteiger partial charge in [-0.3, -0.25) is 0 Å². The first-order valence-corrected chi connectivity index (χ1v) is 7.23. The van der Waals surface area contributed by atoms with Gasteiger partial charge in [-0.05, 0) is 41.9 Å². The Hall–Kier alpha value is -0.340. The van der Waals surface area contributed by atoms with Gasteiger partial charge in [0, 0.05) is 17.1 Å². The number of benzene rings is 1. The standard InChI is InChI=1S/C15H22BrN/c1-11-8-15(2,3)9-14(11)17-10-12-4-6-13(16)7-5-12/h4-7,11,14,17H,8-10H2,1-3H3. The molecule has 0 bridgehead atoms. The van der Waals surface area contributed by atoms with E-state index in [1.807, 2.05) is 0 Å². The van der Waals surface area contributed by atoms with Crippen LogP contribution in [-0.4, -0.2) is 6.04 Å². The fourth-order valence-corrected chi connectivity index (χ4v) is 3.28. The van der Waals surface area contributed by atoms with Gasteiger partial charge in [0.1, 0.15) is 0 Å². The maximum Gasteiger partial charge on any atom is 0.0208 e. The Labute approximate surface area is 113 Å². The highest BCUT2D eigenvalue weighted by Crippen LogP contribution is 2.40. The monoisotopic (exact) mass is 295 g/mol. The minimum Gasteiger partial charge on any atom is -0.310 e. The molecule has 1 nitrogen and oxygen atoms in total. The summed E-state index contributed by atoms with van der Waals surface area (Å²) in [5.74, 6) is 0.792. The molecule has 1 aliphatic carbocycles. The van der Waals surface area contributed by atoms with Crippen LogP contribution >= 0.6 is 15.9 Å². The van der Waals surface area contributed by atoms with Crippen LogP contribution in [0.15, 0.2) is 28.7 Å². The normalized spacial score (nSPS) is 27.3. The fourth-order valence-electron chi connectivity index (χ4n) is 3.02. The van der Waals surface area contributed by atoms with Crippen LogP contribution in [-0.2, 0) is 6.54 Å². The summed E-state index contributed by atoms with van der Waals surface area (Å²) in [4.78, 5) is 0. The summed E-state index contributed by atoms with van der Waals surface area (Å²) in [6, 6.07) is 9.26. The van der Waals surface area contributed by atoms with Crippen molar-refractivity contribution in [2.24, 2.45) is 11.3 Å². The van der Waals surface area contributed by atoms with Crippen molar-refractivity contribution in [2.45, 2.75) is 46.2 Å². The zero-order chi connectivity index (χ0) is 12.5. The molecular formula is C15H22BrN. The van der Waals surface area contributed by atoms with Crippen LogP contribution in [0.25, 0.3) is 0 Å². The van der Waals surface area contributed by atoms with Gasteiger partial charge in [0.05, 0.1) is 0 Å². The summed E-state index contributed by atoms with van der Waals surface area (Å²) in [7, 11) is 0. The van der Waals surface area contributed by atoms with Crippen LogP contribution in [0.3, 0.4) is 0 Å². The SMILES string of the molecule is CC1CC(C)(C)CC1NCc1ccc(Br)cc1. The Morgan fingerprint density at radius 1 is 1.24 bits per heavy atom. The Kier molecular flexibility index (Phi) is 3.94. The van der Waals surface area contributed by atoms with E-state index in [9.17, 15) is 0 Å². The third kappa shape index (κ3) is 3.56. The highest BCUT2D eigenvalue weighted by Gasteiger charge is 2.36. The molecule has 2 unspecified atom stereocenters. The quantitative estimate of drug-likeness (QED) is 0.873. The topological polar surface area (TPSA) is 12.0 Å². The molecule has 0 radical (unpaired) electrons. The molecule has 1 aromatic rings. The molecule has 1 aromatic carbocycles. The van der Waals surface area contributed by atoms with Crippen molar-refractivity contribution in [3.63, 3.8) is 0 Å². The number of rotatable bonds is 3. The lowest BCUT2D eigenvalue weighted by Gasteiger charge is -2.18. The molecule has 0 spiro atoms. The minimum atomic E-state index is 0.511. The van der Waals surface area contributed by atoms with Crippen LogP contribution in [0.4, 0.5) is 0 Å². The van der Waals surface area contributed by atoms with Gasteiger partial charge in [0.2, 0.25) is 0 Å². The molecular weight excluding hydrogens is 274 g/mol. The van der Waals surface area contributed by atoms with Gasteiger partial charge in [0.15, 0.2) is 0 Å². The highest BCUT2D eigenvalue weighted by molar-refractivity contribution is 9.10. The predicted octanol–water partition coefficient (Wildman–Crippen LogP) is 4.36. The molecule has 0 amide bonds. The van der Waals surface area contributed by atoms with E-state index in [0.717, 1.165) is 16.9 Å². The van der Waals surface area contributed by atoms with Gasteiger partial charge in [-0.15, -0.1) is 0 Å². The van der Waals surface area contributed by atoms with Crippen molar-refractivity contribution in [1.82, 2.24) is 5.32 Å². The van der Waals surface area contributed by atoms with Crippen molar-refractivity contribution >= 4 is 15.9 Å². The molecule has 94 valence electrons. The smallest absolute Gasteiger partial charge is 0.0208 e. The van der Waals surface area contributed by atoms with E-state index in [1.165, 1.54) is 18.4 Å². The third-order valence-corrected chi connectivity index (χ3v) is 4.34. The zero-order valence-electron chi connectivity index (χ0n) is 11.0. The second kappa shape index (κ2) is 5.11. The molecule has 0 saturated heterocycles. The zero-order valence-corrected chi connectivity index (χ0v) is 12.5. The third-order valence-electron chi connectivity index (χ3n) is 3.82. The van der Waals surface area contributed by atoms with Crippen LogP contribution in [0.1, 0.15) is 39.2 Å². The first-order chi connectivity index (χ1) is 7.96. The van der Waals surface area contributed by atoms with Crippen LogP contribution < -0.4 is 5.32 Å². The molecule has 1 fully saturated rings. The molecule has 17 heavy (non-hydrogen) atoms. The van der Waals surface area contributed by atoms with Crippen LogP contribution in [0, 0.1) is 11.3 Å². The molecule has 2 atom stereocenters. The van der Waals surface area contributed by atoms with Gasteiger partial charge >= 0.3 is 0 Å². The maximum absolute atomic E-state index is 3.71. The van der Waals surface area contributed by atoms with Crippen molar-refractivity contribution in [2.75, 3.05) is 0 Å². The summed E-state index contributed by atoms with van der Waals surface area (Å²) in [5.41, 5.74) is 1.88. The summed E-state index contributed by atoms with van der Waals surface area (Å²) in [5, 5.41) is 3.71. The summed E-state index contributed by atoms with van der Waals surface area (Å²) in [6.07, 6.45) is 2.63. The van der Waals surface area contributed by atoms with Gasteiger partial charge in [-0.2, -0.15) is 0 Å². The predicted molar refractivity (Wildman–Crippen MR) is 76.9 cm³/mol. The number of hydrogen-bond acceptors (Lipinski definition) is 1. The minimum absolute atomic E-state index is 0.511. The van der Waals surface area contributed by atoms with Gasteiger partial charge < -0.3 is 5.32 Å². The van der Waals surface area contributed by atoms with Crippen molar-refractivity contribution in [3.8, 4) is 0 Å². The molecule has 0 aromatic heterocycles. The molecule has 0 aliphatic heterocycles. The fraction of sp³-hybridized carbons (Fsp3) is 0.600. The van der Waals surface area contributed by atoms with E-state index in [0.29, 0.717) is 11.5 Å². The first kappa shape index (κ1) is 13.1. The Balaban J connectivity index is 1.88. The largest absolute Gasteiger partial charge is 0.310 e. The number of hydrogen-bond donors (Lipinski definition) is 1. The lowest BCUT2D eigenvalue weighted by Crippen LogP contribution is -2.31. The van der Waals surface area contributed by atoms with Gasteiger partial charge in [-0.1, -0.05) is 48.8 Å². The average Bonchev–Trinajstić information content (AvgIpc) is 2.51. The van der Waals surface area contributed by atoms with E-state index < -0.39 is 0 Å². The number of halogens is 1. The average molecular weight is 296 g/mol. The molecule has 2 heteroatoms. The second-order valence-electron chi connectivity index (χ2n) is 6.16. The molecule has 1 N–H and O–H groups in total. The molecule has 1 saturated carbocycles. The van der Waals surface area contributed by atoms with E-state index >= 15 is 0 Å². The molecule has 0 heterocycles.